The molecular weight excluding hydrogens is 913 g/mol. The maximum atomic E-state index is 12.0. The van der Waals surface area contributed by atoms with Gasteiger partial charge in [0.25, 0.3) is 0 Å². The molecule has 5 nitrogen and oxygen atoms in total. The predicted molar refractivity (Wildman–Crippen MR) is 257 cm³/mol. The monoisotopic (exact) mass is 976 g/mol. The number of phenolic OH excluding ortho intramolecular Hbond substituents is 2. The third-order valence-corrected chi connectivity index (χ3v) is 11.9. The van der Waals surface area contributed by atoms with Crippen molar-refractivity contribution in [1.82, 2.24) is 0 Å². The minimum atomic E-state index is -0.0499. The van der Waals surface area contributed by atoms with Crippen molar-refractivity contribution in [3.05, 3.63) is 212 Å². The number of fused-ring (bicyclic) bond motifs is 2. The molecule has 0 saturated heterocycles. The minimum absolute atomic E-state index is 0. The first-order valence-corrected chi connectivity index (χ1v) is 20.7. The molecule has 2 heterocycles. The van der Waals surface area contributed by atoms with E-state index in [0.717, 1.165) is 76.9 Å². The first kappa shape index (κ1) is 48.5. The first-order chi connectivity index (χ1) is 27.9. The molecule has 0 spiro atoms. The molecule has 0 saturated carbocycles. The van der Waals surface area contributed by atoms with Gasteiger partial charge in [0.1, 0.15) is 11.5 Å². The number of aryl methyl sites for hydroxylation is 2. The van der Waals surface area contributed by atoms with Gasteiger partial charge in [0.05, 0.1) is 12.1 Å². The summed E-state index contributed by atoms with van der Waals surface area (Å²) in [6.45, 7) is 10.5. The summed E-state index contributed by atoms with van der Waals surface area (Å²) < 4.78 is 0. The van der Waals surface area contributed by atoms with Gasteiger partial charge in [-0.15, -0.1) is 0 Å². The topological polar surface area (TPSA) is 80.4 Å². The predicted octanol–water partition coefficient (Wildman–Crippen LogP) is 15.0. The zero-order valence-corrected chi connectivity index (χ0v) is 40.3. The fraction of sp³-hybridized carbons (Fsp3) is 0.236. The largest absolute Gasteiger partial charge is 0.693 e. The van der Waals surface area contributed by atoms with Crippen LogP contribution < -0.4 is 9.80 Å². The van der Waals surface area contributed by atoms with Gasteiger partial charge in [0.15, 0.2) is 0 Å². The van der Waals surface area contributed by atoms with E-state index in [1.54, 1.807) is 0 Å². The Hall–Kier alpha value is -5.17. The van der Waals surface area contributed by atoms with E-state index in [0.29, 0.717) is 11.5 Å². The quantitative estimate of drug-likeness (QED) is 0.0727. The van der Waals surface area contributed by atoms with Gasteiger partial charge < -0.3 is 41.0 Å². The molecule has 6 aromatic carbocycles. The molecule has 6 heteroatoms. The van der Waals surface area contributed by atoms with Crippen molar-refractivity contribution in [2.45, 2.75) is 70.9 Å². The molecule has 0 radical (unpaired) electrons. The molecule has 0 fully saturated rings. The summed E-state index contributed by atoms with van der Waals surface area (Å²) in [4.78, 5) is 5.02. The average Bonchev–Trinajstić information content (AvgIpc) is 3.71. The number of aromatic hydroxyl groups is 2. The fourth-order valence-electron chi connectivity index (χ4n) is 9.58. The van der Waals surface area contributed by atoms with Crippen LogP contribution >= 0.6 is 0 Å². The number of benzene rings is 6. The van der Waals surface area contributed by atoms with Crippen LogP contribution in [-0.4, -0.2) is 23.3 Å². The van der Waals surface area contributed by atoms with E-state index >= 15 is 0 Å². The van der Waals surface area contributed by atoms with Gasteiger partial charge in [-0.1, -0.05) is 147 Å². The minimum Gasteiger partial charge on any atom is -0.693 e. The van der Waals surface area contributed by atoms with Gasteiger partial charge in [0.2, 0.25) is 0 Å². The van der Waals surface area contributed by atoms with E-state index in [-0.39, 0.29) is 70.8 Å². The smallest absolute Gasteiger partial charge is 0.128 e. The summed E-state index contributed by atoms with van der Waals surface area (Å²) in [5.41, 5.74) is 13.1. The van der Waals surface area contributed by atoms with Crippen molar-refractivity contribution in [1.29, 1.82) is 0 Å². The second kappa shape index (κ2) is 21.6. The summed E-state index contributed by atoms with van der Waals surface area (Å²) in [5.74, 6) is 0.942. The van der Waals surface area contributed by atoms with Crippen molar-refractivity contribution in [3.8, 4) is 33.8 Å². The number of rotatable bonds is 12. The van der Waals surface area contributed by atoms with Gasteiger partial charge in [0, 0.05) is 84.4 Å². The van der Waals surface area contributed by atoms with Crippen molar-refractivity contribution < 1.29 is 36.1 Å². The van der Waals surface area contributed by atoms with Crippen molar-refractivity contribution in [3.63, 3.8) is 0 Å². The van der Waals surface area contributed by atoms with Crippen LogP contribution in [0.1, 0.15) is 90.4 Å². The van der Waals surface area contributed by atoms with Crippen LogP contribution in [0.5, 0.6) is 11.5 Å². The molecule has 4 unspecified atom stereocenters. The summed E-state index contributed by atoms with van der Waals surface area (Å²) in [7, 11) is 0. The number of nitrogens with zero attached hydrogens (tertiary/aromatic N) is 2. The Balaban J connectivity index is 0.00000205. The van der Waals surface area contributed by atoms with E-state index in [2.05, 4.69) is 159 Å². The summed E-state index contributed by atoms with van der Waals surface area (Å²) in [6, 6.07) is 46.6. The molecule has 0 amide bonds. The molecule has 6 aromatic rings. The Labute approximate surface area is 384 Å². The number of para-hydroxylation sites is 2. The Morgan fingerprint density at radius 3 is 1.51 bits per heavy atom. The van der Waals surface area contributed by atoms with Crippen LogP contribution in [0.4, 0.5) is 11.4 Å². The van der Waals surface area contributed by atoms with Crippen LogP contribution in [-0.2, 0) is 25.8 Å². The second-order valence-corrected chi connectivity index (χ2v) is 15.8. The number of phenols is 2. The van der Waals surface area contributed by atoms with Gasteiger partial charge in [-0.25, -0.2) is 0 Å². The third-order valence-electron chi connectivity index (χ3n) is 11.9. The normalized spacial score (nSPS) is 17.6. The third kappa shape index (κ3) is 9.51. The Kier molecular flexibility index (Phi) is 17.1. The molecule has 8 rings (SSSR count). The average molecular weight is 976 g/mol. The molecule has 0 bridgehead atoms. The maximum Gasteiger partial charge on any atom is 0.128 e. The van der Waals surface area contributed by atoms with E-state index in [1.807, 2.05) is 36.4 Å². The van der Waals surface area contributed by atoms with E-state index < -0.39 is 0 Å². The van der Waals surface area contributed by atoms with Crippen LogP contribution in [0.25, 0.3) is 28.4 Å². The molecule has 0 aromatic heterocycles. The molecule has 61 heavy (non-hydrogen) atoms. The summed E-state index contributed by atoms with van der Waals surface area (Å²) >= 11 is 0. The van der Waals surface area contributed by atoms with Gasteiger partial charge in [-0.2, -0.15) is 0 Å². The number of nitrogens with two attached hydrogens (primary N) is 1. The number of hydrogen-bond donors (Lipinski definition) is 2. The molecule has 316 valence electrons. The Morgan fingerprint density at radius 2 is 0.984 bits per heavy atom. The van der Waals surface area contributed by atoms with Crippen molar-refractivity contribution in [2.75, 3.05) is 22.9 Å². The summed E-state index contributed by atoms with van der Waals surface area (Å²) in [5, 5.41) is 24.1. The summed E-state index contributed by atoms with van der Waals surface area (Å²) in [6.07, 6.45) is 11.9. The zero-order chi connectivity index (χ0) is 39.5. The number of allylic oxidation sites excluding steroid dienone is 3. The Bertz CT molecular complexity index is 2410. The number of hydrogen-bond acceptors (Lipinski definition) is 4. The maximum absolute atomic E-state index is 12.0. The van der Waals surface area contributed by atoms with E-state index in [4.69, 9.17) is 0 Å². The standard InChI is InChI=1S/C53H54N2O2.2CH3.Hf.H2N/c1-5-30-54-48-28-18-16-24-40(48)42(50(54)46-34-36(3)32-44(52(46)56)38-20-10-7-11-21-38)26-14-9-15-27-43-41-25-17-19-29-49(41)55(31-6-2)51(43)47-35-37(4)33-45(53(47)57)39-22-12-8-13-23-39;;;;/h7-26,28-29,32-35,42-43,50-51,56-57H,5-6,27,30-31H2,1-4H3;2*1H3;;1H2/q;2*-1;;-1/b15-9-,26-14+;;;;. The van der Waals surface area contributed by atoms with E-state index in [1.165, 1.54) is 22.5 Å². The van der Waals surface area contributed by atoms with Crippen molar-refractivity contribution in [2.24, 2.45) is 0 Å². The molecule has 4 atom stereocenters. The molecule has 0 aliphatic carbocycles. The molecule has 4 N–H and O–H groups in total. The Morgan fingerprint density at radius 1 is 0.541 bits per heavy atom. The molecule has 2 aliphatic rings. The van der Waals surface area contributed by atoms with Crippen LogP contribution in [0, 0.1) is 28.7 Å². The van der Waals surface area contributed by atoms with Crippen LogP contribution in [0.15, 0.2) is 158 Å². The molecule has 2 aliphatic heterocycles. The van der Waals surface area contributed by atoms with Crippen LogP contribution in [0.3, 0.4) is 0 Å². The SMILES string of the molecule is CCCN1c2ccccc2C(/C=C/C=C\CC2c3ccccc3N(CCC)C2c2cc(C)cc(-c3ccccc3)c2O)C1c1cc(C)cc(-c2ccccc2)c1O.[CH3-].[CH3-].[Hf].[NH2-]. The van der Waals surface area contributed by atoms with Gasteiger partial charge in [-0.3, -0.25) is 0 Å². The van der Waals surface area contributed by atoms with Gasteiger partial charge in [-0.05, 0) is 90.8 Å². The zero-order valence-electron chi connectivity index (χ0n) is 36.7. The fourth-order valence-corrected chi connectivity index (χ4v) is 9.58. The molecular formula is C55H62HfN3O2-3. The first-order valence-electron chi connectivity index (χ1n) is 20.7. The van der Waals surface area contributed by atoms with E-state index in [9.17, 15) is 10.2 Å². The second-order valence-electron chi connectivity index (χ2n) is 15.8. The van der Waals surface area contributed by atoms with Crippen molar-refractivity contribution >= 4 is 11.4 Å². The van der Waals surface area contributed by atoms with Crippen LogP contribution in [0.2, 0.25) is 0 Å². The number of anilines is 2. The van der Waals surface area contributed by atoms with Gasteiger partial charge >= 0.3 is 0 Å².